The predicted molar refractivity (Wildman–Crippen MR) is 74.4 cm³/mol. The molecule has 0 aromatic rings. The van der Waals surface area contributed by atoms with E-state index in [2.05, 4.69) is 27.6 Å². The molecular weight excluding hydrogens is 230 g/mol. The van der Waals surface area contributed by atoms with Gasteiger partial charge in [0.2, 0.25) is 5.96 Å². The summed E-state index contributed by atoms with van der Waals surface area (Å²) in [7, 11) is 1.67. The molecule has 0 aromatic heterocycles. The van der Waals surface area contributed by atoms with Crippen LogP contribution in [0.4, 0.5) is 0 Å². The van der Waals surface area contributed by atoms with Crippen molar-refractivity contribution < 1.29 is 4.74 Å². The zero-order valence-corrected chi connectivity index (χ0v) is 11.6. The molecular formula is C12H27N5O. The van der Waals surface area contributed by atoms with E-state index in [1.54, 1.807) is 7.11 Å². The lowest BCUT2D eigenvalue weighted by molar-refractivity contribution is 0.204. The molecule has 0 spiro atoms. The highest BCUT2D eigenvalue weighted by molar-refractivity contribution is 5.79. The number of nitrogens with one attached hydrogen (secondary N) is 2. The van der Waals surface area contributed by atoms with Crippen molar-refractivity contribution in [2.75, 3.05) is 39.9 Å². The van der Waals surface area contributed by atoms with Crippen LogP contribution < -0.4 is 16.6 Å². The molecule has 4 N–H and O–H groups in total. The van der Waals surface area contributed by atoms with Crippen LogP contribution in [0, 0.1) is 0 Å². The molecule has 1 heterocycles. The molecule has 18 heavy (non-hydrogen) atoms. The maximum atomic E-state index is 5.45. The largest absolute Gasteiger partial charge is 0.383 e. The summed E-state index contributed by atoms with van der Waals surface area (Å²) in [6, 6.07) is 0.468. The summed E-state index contributed by atoms with van der Waals surface area (Å²) in [6.45, 7) is 6.97. The van der Waals surface area contributed by atoms with Crippen LogP contribution in [0.15, 0.2) is 4.99 Å². The molecule has 6 heteroatoms. The van der Waals surface area contributed by atoms with Crippen LogP contribution in [0.5, 0.6) is 0 Å². The lowest BCUT2D eigenvalue weighted by Gasteiger charge is -2.32. The molecule has 0 amide bonds. The van der Waals surface area contributed by atoms with Gasteiger partial charge in [-0.15, -0.1) is 0 Å². The molecule has 1 saturated heterocycles. The Kier molecular flexibility index (Phi) is 7.71. The van der Waals surface area contributed by atoms with Crippen molar-refractivity contribution in [3.05, 3.63) is 0 Å². The lowest BCUT2D eigenvalue weighted by atomic mass is 10.1. The Balaban J connectivity index is 2.27. The second-order valence-electron chi connectivity index (χ2n) is 4.63. The van der Waals surface area contributed by atoms with Gasteiger partial charge in [0.15, 0.2) is 0 Å². The van der Waals surface area contributed by atoms with Gasteiger partial charge in [-0.3, -0.25) is 5.43 Å². The molecule has 0 aliphatic carbocycles. The Hall–Kier alpha value is -0.850. The number of nitrogens with zero attached hydrogens (tertiary/aromatic N) is 2. The number of rotatable bonds is 6. The number of hydrogen-bond acceptors (Lipinski definition) is 4. The summed E-state index contributed by atoms with van der Waals surface area (Å²) < 4.78 is 4.96. The van der Waals surface area contributed by atoms with Gasteiger partial charge in [-0.25, -0.2) is 10.8 Å². The Bertz CT molecular complexity index is 239. The average molecular weight is 257 g/mol. The quantitative estimate of drug-likeness (QED) is 0.204. The molecule has 0 saturated carbocycles. The van der Waals surface area contributed by atoms with E-state index in [-0.39, 0.29) is 0 Å². The molecule has 6 nitrogen and oxygen atoms in total. The van der Waals surface area contributed by atoms with Crippen LogP contribution in [0.1, 0.15) is 26.2 Å². The van der Waals surface area contributed by atoms with Gasteiger partial charge in [-0.1, -0.05) is 6.92 Å². The van der Waals surface area contributed by atoms with Gasteiger partial charge in [0.25, 0.3) is 0 Å². The number of piperidine rings is 1. The zero-order chi connectivity index (χ0) is 13.2. The molecule has 1 rings (SSSR count). The first-order valence-corrected chi connectivity index (χ1v) is 6.79. The molecule has 0 atom stereocenters. The second-order valence-corrected chi connectivity index (χ2v) is 4.63. The van der Waals surface area contributed by atoms with Crippen molar-refractivity contribution >= 4 is 5.96 Å². The van der Waals surface area contributed by atoms with Crippen molar-refractivity contribution in [1.82, 2.24) is 15.6 Å². The van der Waals surface area contributed by atoms with E-state index in [1.807, 2.05) is 0 Å². The van der Waals surface area contributed by atoms with Crippen LogP contribution in [-0.4, -0.2) is 56.8 Å². The summed E-state index contributed by atoms with van der Waals surface area (Å²) in [4.78, 5) is 6.82. The number of guanidine groups is 1. The van der Waals surface area contributed by atoms with E-state index in [0.29, 0.717) is 25.2 Å². The number of aliphatic imine (C=N–C) groups is 1. The summed E-state index contributed by atoms with van der Waals surface area (Å²) in [6.07, 6.45) is 3.52. The number of hydrogen-bond donors (Lipinski definition) is 3. The summed E-state index contributed by atoms with van der Waals surface area (Å²) in [5.41, 5.74) is 2.61. The third kappa shape index (κ3) is 5.66. The Morgan fingerprint density at radius 1 is 1.44 bits per heavy atom. The summed E-state index contributed by atoms with van der Waals surface area (Å²) >= 11 is 0. The monoisotopic (exact) mass is 257 g/mol. The SMILES string of the molecule is CCCN1CCC(NC(=NCCOC)NN)CC1. The summed E-state index contributed by atoms with van der Waals surface area (Å²) in [5, 5.41) is 3.36. The predicted octanol–water partition coefficient (Wildman–Crippen LogP) is -0.0839. The van der Waals surface area contributed by atoms with Crippen molar-refractivity contribution in [3.63, 3.8) is 0 Å². The van der Waals surface area contributed by atoms with Gasteiger partial charge in [0.1, 0.15) is 0 Å². The van der Waals surface area contributed by atoms with Crippen molar-refractivity contribution in [2.45, 2.75) is 32.2 Å². The smallest absolute Gasteiger partial charge is 0.206 e. The Morgan fingerprint density at radius 2 is 2.17 bits per heavy atom. The lowest BCUT2D eigenvalue weighted by Crippen LogP contribution is -2.50. The number of methoxy groups -OCH3 is 1. The van der Waals surface area contributed by atoms with Crippen molar-refractivity contribution in [1.29, 1.82) is 0 Å². The van der Waals surface area contributed by atoms with Crippen LogP contribution >= 0.6 is 0 Å². The first-order valence-electron chi connectivity index (χ1n) is 6.79. The van der Waals surface area contributed by atoms with Crippen molar-refractivity contribution in [2.24, 2.45) is 10.8 Å². The number of nitrogens with two attached hydrogens (primary N) is 1. The first-order chi connectivity index (χ1) is 8.80. The first kappa shape index (κ1) is 15.2. The van der Waals surface area contributed by atoms with E-state index >= 15 is 0 Å². The molecule has 106 valence electrons. The fourth-order valence-corrected chi connectivity index (χ4v) is 2.19. The van der Waals surface area contributed by atoms with Crippen molar-refractivity contribution in [3.8, 4) is 0 Å². The number of hydrazine groups is 1. The van der Waals surface area contributed by atoms with E-state index in [1.165, 1.54) is 13.0 Å². The van der Waals surface area contributed by atoms with Crippen LogP contribution in [-0.2, 0) is 4.74 Å². The van der Waals surface area contributed by atoms with Crippen LogP contribution in [0.3, 0.4) is 0 Å². The standard InChI is InChI=1S/C12H27N5O/c1-3-7-17-8-4-11(5-9-17)15-12(16-13)14-6-10-18-2/h11H,3-10,13H2,1-2H3,(H2,14,15,16). The maximum Gasteiger partial charge on any atom is 0.206 e. The Labute approximate surface area is 110 Å². The van der Waals surface area contributed by atoms with E-state index in [9.17, 15) is 0 Å². The maximum absolute atomic E-state index is 5.45. The van der Waals surface area contributed by atoms with Gasteiger partial charge in [-0.2, -0.15) is 0 Å². The van der Waals surface area contributed by atoms with E-state index in [4.69, 9.17) is 10.6 Å². The molecule has 0 unspecified atom stereocenters. The third-order valence-corrected chi connectivity index (χ3v) is 3.17. The minimum absolute atomic E-state index is 0.468. The second kappa shape index (κ2) is 9.13. The molecule has 0 radical (unpaired) electrons. The highest BCUT2D eigenvalue weighted by Gasteiger charge is 2.18. The highest BCUT2D eigenvalue weighted by atomic mass is 16.5. The molecule has 1 aliphatic rings. The topological polar surface area (TPSA) is 74.9 Å². The van der Waals surface area contributed by atoms with Gasteiger partial charge >= 0.3 is 0 Å². The highest BCUT2D eigenvalue weighted by Crippen LogP contribution is 2.10. The third-order valence-electron chi connectivity index (χ3n) is 3.17. The number of likely N-dealkylation sites (tertiary alicyclic amines) is 1. The normalized spacial score (nSPS) is 18.9. The van der Waals surface area contributed by atoms with Crippen LogP contribution in [0.2, 0.25) is 0 Å². The van der Waals surface area contributed by atoms with Gasteiger partial charge in [0, 0.05) is 26.2 Å². The van der Waals surface area contributed by atoms with Gasteiger partial charge in [-0.05, 0) is 25.8 Å². The average Bonchev–Trinajstić information content (AvgIpc) is 2.40. The summed E-state index contributed by atoms with van der Waals surface area (Å²) in [5.74, 6) is 6.12. The minimum atomic E-state index is 0.468. The fourth-order valence-electron chi connectivity index (χ4n) is 2.19. The number of ether oxygens (including phenoxy) is 1. The fraction of sp³-hybridized carbons (Fsp3) is 0.917. The molecule has 0 bridgehead atoms. The van der Waals surface area contributed by atoms with Gasteiger partial charge in [0.05, 0.1) is 13.2 Å². The van der Waals surface area contributed by atoms with E-state index < -0.39 is 0 Å². The molecule has 1 fully saturated rings. The molecule has 1 aliphatic heterocycles. The van der Waals surface area contributed by atoms with Gasteiger partial charge < -0.3 is 15.0 Å². The minimum Gasteiger partial charge on any atom is -0.383 e. The Morgan fingerprint density at radius 3 is 2.72 bits per heavy atom. The zero-order valence-electron chi connectivity index (χ0n) is 11.6. The van der Waals surface area contributed by atoms with Crippen LogP contribution in [0.25, 0.3) is 0 Å². The molecule has 0 aromatic carbocycles. The van der Waals surface area contributed by atoms with E-state index in [0.717, 1.165) is 25.9 Å².